The van der Waals surface area contributed by atoms with Crippen LogP contribution in [0.15, 0.2) is 24.5 Å². The van der Waals surface area contributed by atoms with Crippen LogP contribution in [0, 0.1) is 0 Å². The van der Waals surface area contributed by atoms with E-state index in [4.69, 9.17) is 0 Å². The van der Waals surface area contributed by atoms with Crippen LogP contribution in [0.4, 0.5) is 13.2 Å². The van der Waals surface area contributed by atoms with Gasteiger partial charge in [0.1, 0.15) is 0 Å². The quantitative estimate of drug-likeness (QED) is 0.774. The molecule has 6 heteroatoms. The zero-order valence-electron chi connectivity index (χ0n) is 6.21. The second-order valence-corrected chi connectivity index (χ2v) is 5.04. The van der Waals surface area contributed by atoms with E-state index in [2.05, 4.69) is 4.98 Å². The van der Waals surface area contributed by atoms with Gasteiger partial charge in [-0.25, -0.2) is 0 Å². The van der Waals surface area contributed by atoms with E-state index in [0.29, 0.717) is 0 Å². The molecule has 0 atom stereocenters. The summed E-state index contributed by atoms with van der Waals surface area (Å²) >= 11 is -2.62. The van der Waals surface area contributed by atoms with Gasteiger partial charge in [0.2, 0.25) is 0 Å². The van der Waals surface area contributed by atoms with Crippen molar-refractivity contribution >= 4 is 24.8 Å². The average Bonchev–Trinajstić information content (AvgIpc) is 2.03. The first-order valence-electron chi connectivity index (χ1n) is 3.19. The molecule has 1 aromatic heterocycles. The average molecular weight is 303 g/mol. The molecular weight excluding hydrogens is 299 g/mol. The zero-order chi connectivity index (χ0) is 9.90. The monoisotopic (exact) mass is 305 g/mol. The van der Waals surface area contributed by atoms with Gasteiger partial charge in [0.25, 0.3) is 0 Å². The summed E-state index contributed by atoms with van der Waals surface area (Å²) in [6.07, 6.45) is 2.56. The Bertz CT molecular complexity index is 298. The molecule has 13 heavy (non-hydrogen) atoms. The standard InChI is InChI=1S/C7H4F3NOTe/c8-7(9,10)13-6(12)5-2-1-3-11-4-5/h1-4H. The van der Waals surface area contributed by atoms with E-state index in [-0.39, 0.29) is 5.56 Å². The molecule has 1 rings (SSSR count). The van der Waals surface area contributed by atoms with Crippen LogP contribution in [0.25, 0.3) is 0 Å². The fourth-order valence-electron chi connectivity index (χ4n) is 0.648. The number of rotatable bonds is 2. The first-order chi connectivity index (χ1) is 5.99. The van der Waals surface area contributed by atoms with E-state index >= 15 is 0 Å². The fraction of sp³-hybridized carbons (Fsp3) is 0.143. The molecule has 0 spiro atoms. The second kappa shape index (κ2) is 4.07. The van der Waals surface area contributed by atoms with Gasteiger partial charge < -0.3 is 0 Å². The summed E-state index contributed by atoms with van der Waals surface area (Å²) < 4.78 is 30.3. The Kier molecular flexibility index (Phi) is 3.28. The SMILES string of the molecule is O=C([Te]C(F)(F)F)c1cccnc1. The van der Waals surface area contributed by atoms with Crippen LogP contribution in [0.5, 0.6) is 0 Å². The molecule has 0 aromatic carbocycles. The summed E-state index contributed by atoms with van der Waals surface area (Å²) in [6, 6.07) is 2.78. The molecule has 0 aliphatic rings. The van der Waals surface area contributed by atoms with E-state index in [0.717, 1.165) is 6.20 Å². The van der Waals surface area contributed by atoms with Crippen molar-refractivity contribution in [3.05, 3.63) is 30.1 Å². The molecule has 0 saturated carbocycles. The molecule has 0 radical (unpaired) electrons. The van der Waals surface area contributed by atoms with Gasteiger partial charge in [-0.15, -0.1) is 0 Å². The van der Waals surface area contributed by atoms with E-state index in [1.807, 2.05) is 0 Å². The van der Waals surface area contributed by atoms with Gasteiger partial charge in [-0.3, -0.25) is 0 Å². The van der Waals surface area contributed by atoms with Gasteiger partial charge >= 0.3 is 82.0 Å². The molecule has 0 bridgehead atoms. The number of hydrogen-bond donors (Lipinski definition) is 0. The first-order valence-corrected chi connectivity index (χ1v) is 5.52. The maximum atomic E-state index is 11.8. The number of halogens is 3. The third-order valence-electron chi connectivity index (χ3n) is 1.11. The van der Waals surface area contributed by atoms with Crippen molar-refractivity contribution in [3.63, 3.8) is 0 Å². The van der Waals surface area contributed by atoms with Gasteiger partial charge in [-0.1, -0.05) is 0 Å². The summed E-state index contributed by atoms with van der Waals surface area (Å²) in [5.74, 6) is 0. The summed E-state index contributed by atoms with van der Waals surface area (Å²) in [4.78, 5) is 14.5. The summed E-state index contributed by atoms with van der Waals surface area (Å²) in [5, 5.41) is 0. The number of carbonyl (C=O) groups is 1. The minimum atomic E-state index is -4.32. The van der Waals surface area contributed by atoms with Crippen LogP contribution >= 0.6 is 0 Å². The topological polar surface area (TPSA) is 30.0 Å². The van der Waals surface area contributed by atoms with E-state index in [1.54, 1.807) is 0 Å². The van der Waals surface area contributed by atoms with Crippen molar-refractivity contribution in [2.75, 3.05) is 0 Å². The third kappa shape index (κ3) is 3.74. The summed E-state index contributed by atoms with van der Waals surface area (Å²) in [7, 11) is 0. The molecule has 0 N–H and O–H groups in total. The second-order valence-electron chi connectivity index (χ2n) is 2.08. The van der Waals surface area contributed by atoms with Gasteiger partial charge in [-0.2, -0.15) is 0 Å². The molecule has 0 saturated heterocycles. The predicted molar refractivity (Wildman–Crippen MR) is 40.4 cm³/mol. The Labute approximate surface area is 82.2 Å². The minimum absolute atomic E-state index is 0.0437. The number of aromatic nitrogens is 1. The predicted octanol–water partition coefficient (Wildman–Crippen LogP) is 1.45. The Hall–Kier alpha value is -0.600. The van der Waals surface area contributed by atoms with Gasteiger partial charge in [0.05, 0.1) is 0 Å². The van der Waals surface area contributed by atoms with E-state index < -0.39 is 29.0 Å². The van der Waals surface area contributed by atoms with Crippen LogP contribution in [0.1, 0.15) is 10.4 Å². The number of carbonyl (C=O) groups excluding carboxylic acids is 1. The van der Waals surface area contributed by atoms with Crippen LogP contribution in [0.2, 0.25) is 0 Å². The molecular formula is C7H4F3NOTe. The number of hydrogen-bond acceptors (Lipinski definition) is 2. The zero-order valence-corrected chi connectivity index (χ0v) is 8.54. The van der Waals surface area contributed by atoms with Crippen LogP contribution < -0.4 is 0 Å². The molecule has 70 valence electrons. The molecule has 0 aliphatic carbocycles. The van der Waals surface area contributed by atoms with Gasteiger partial charge in [0, 0.05) is 0 Å². The number of alkyl halides is 3. The van der Waals surface area contributed by atoms with Crippen molar-refractivity contribution in [2.45, 2.75) is 4.22 Å². The first kappa shape index (κ1) is 10.5. The molecule has 1 heterocycles. The van der Waals surface area contributed by atoms with Crippen LogP contribution in [-0.4, -0.2) is 34.0 Å². The third-order valence-corrected chi connectivity index (χ3v) is 2.97. The van der Waals surface area contributed by atoms with Crippen molar-refractivity contribution in [3.8, 4) is 0 Å². The van der Waals surface area contributed by atoms with Crippen molar-refractivity contribution in [1.82, 2.24) is 4.98 Å². The van der Waals surface area contributed by atoms with E-state index in [1.165, 1.54) is 18.3 Å². The van der Waals surface area contributed by atoms with Gasteiger partial charge in [0.15, 0.2) is 0 Å². The van der Waals surface area contributed by atoms with Crippen LogP contribution in [-0.2, 0) is 0 Å². The van der Waals surface area contributed by atoms with Gasteiger partial charge in [-0.05, 0) is 0 Å². The Morgan fingerprint density at radius 3 is 2.62 bits per heavy atom. The van der Waals surface area contributed by atoms with Crippen molar-refractivity contribution < 1.29 is 18.0 Å². The number of pyridine rings is 1. The summed E-state index contributed by atoms with van der Waals surface area (Å²) in [6.45, 7) is 0. The molecule has 1 aromatic rings. The van der Waals surface area contributed by atoms with Crippen molar-refractivity contribution in [2.24, 2.45) is 0 Å². The maximum absolute atomic E-state index is 11.8. The fourth-order valence-corrected chi connectivity index (χ4v) is 1.93. The van der Waals surface area contributed by atoms with Crippen molar-refractivity contribution in [1.29, 1.82) is 0 Å². The van der Waals surface area contributed by atoms with E-state index in [9.17, 15) is 18.0 Å². The molecule has 0 amide bonds. The van der Waals surface area contributed by atoms with Crippen LogP contribution in [0.3, 0.4) is 0 Å². The Balaban J connectivity index is 2.71. The molecule has 0 unspecified atom stereocenters. The Morgan fingerprint density at radius 1 is 1.46 bits per heavy atom. The normalized spacial score (nSPS) is 11.3. The molecule has 0 fully saturated rings. The number of nitrogens with zero attached hydrogens (tertiary/aromatic N) is 1. The summed E-state index contributed by atoms with van der Waals surface area (Å²) in [5.41, 5.74) is 0.0437. The molecule has 0 aliphatic heterocycles. The Morgan fingerprint density at radius 2 is 2.15 bits per heavy atom. The molecule has 2 nitrogen and oxygen atoms in total.